The monoisotopic (exact) mass is 178 g/mol. The molecule has 0 saturated heterocycles. The molecule has 1 aliphatic rings. The molecular weight excluding hydrogens is 164 g/mol. The SMILES string of the molecule is CC1CCCc2[nH]c(=O)cnc2C1. The van der Waals surface area contributed by atoms with Gasteiger partial charge in [-0.15, -0.1) is 0 Å². The van der Waals surface area contributed by atoms with Gasteiger partial charge in [-0.25, -0.2) is 0 Å². The fourth-order valence-electron chi connectivity index (χ4n) is 1.91. The van der Waals surface area contributed by atoms with E-state index >= 15 is 0 Å². The summed E-state index contributed by atoms with van der Waals surface area (Å²) in [5.41, 5.74) is 2.06. The highest BCUT2D eigenvalue weighted by atomic mass is 16.1. The van der Waals surface area contributed by atoms with Gasteiger partial charge in [0.25, 0.3) is 5.56 Å². The number of nitrogens with zero attached hydrogens (tertiary/aromatic N) is 1. The smallest absolute Gasteiger partial charge is 0.266 e. The third-order valence-corrected chi connectivity index (χ3v) is 2.63. The van der Waals surface area contributed by atoms with Crippen LogP contribution in [-0.2, 0) is 12.8 Å². The number of fused-ring (bicyclic) bond motifs is 1. The molecule has 3 nitrogen and oxygen atoms in total. The van der Waals surface area contributed by atoms with Gasteiger partial charge < -0.3 is 4.98 Å². The first kappa shape index (κ1) is 8.48. The fraction of sp³-hybridized carbons (Fsp3) is 0.600. The van der Waals surface area contributed by atoms with E-state index in [-0.39, 0.29) is 5.56 Å². The molecule has 1 heterocycles. The van der Waals surface area contributed by atoms with Gasteiger partial charge in [0, 0.05) is 5.69 Å². The van der Waals surface area contributed by atoms with Gasteiger partial charge in [0.2, 0.25) is 0 Å². The molecule has 1 atom stereocenters. The molecule has 1 aromatic rings. The normalized spacial score (nSPS) is 22.1. The Morgan fingerprint density at radius 3 is 3.31 bits per heavy atom. The molecule has 0 aliphatic heterocycles. The largest absolute Gasteiger partial charge is 0.323 e. The summed E-state index contributed by atoms with van der Waals surface area (Å²) in [6.45, 7) is 2.24. The van der Waals surface area contributed by atoms with Crippen molar-refractivity contribution >= 4 is 0 Å². The van der Waals surface area contributed by atoms with Crippen LogP contribution in [-0.4, -0.2) is 9.97 Å². The fourth-order valence-corrected chi connectivity index (χ4v) is 1.91. The number of aryl methyl sites for hydroxylation is 1. The lowest BCUT2D eigenvalue weighted by atomic mass is 10.0. The molecular formula is C10H14N2O. The van der Waals surface area contributed by atoms with E-state index in [2.05, 4.69) is 16.9 Å². The Bertz CT molecular complexity index is 356. The van der Waals surface area contributed by atoms with Crippen LogP contribution in [0.2, 0.25) is 0 Å². The standard InChI is InChI=1S/C10H14N2O/c1-7-3-2-4-8-9(5-7)11-6-10(13)12-8/h6-7H,2-5H2,1H3,(H,12,13). The van der Waals surface area contributed by atoms with Crippen LogP contribution >= 0.6 is 0 Å². The molecule has 0 radical (unpaired) electrons. The summed E-state index contributed by atoms with van der Waals surface area (Å²) in [4.78, 5) is 18.1. The lowest BCUT2D eigenvalue weighted by Crippen LogP contribution is -2.12. The molecule has 0 aromatic carbocycles. The number of rotatable bonds is 0. The minimum Gasteiger partial charge on any atom is -0.323 e. The van der Waals surface area contributed by atoms with E-state index in [4.69, 9.17) is 0 Å². The minimum atomic E-state index is -0.0756. The van der Waals surface area contributed by atoms with Gasteiger partial charge in [0.15, 0.2) is 0 Å². The summed E-state index contributed by atoms with van der Waals surface area (Å²) < 4.78 is 0. The van der Waals surface area contributed by atoms with Crippen LogP contribution in [0.25, 0.3) is 0 Å². The molecule has 0 amide bonds. The predicted octanol–water partition coefficient (Wildman–Crippen LogP) is 1.28. The van der Waals surface area contributed by atoms with Crippen molar-refractivity contribution in [3.8, 4) is 0 Å². The molecule has 1 aromatic heterocycles. The Hall–Kier alpha value is -1.12. The average Bonchev–Trinajstić information content (AvgIpc) is 2.25. The van der Waals surface area contributed by atoms with Crippen LogP contribution in [0.5, 0.6) is 0 Å². The van der Waals surface area contributed by atoms with Crippen LogP contribution in [0.3, 0.4) is 0 Å². The highest BCUT2D eigenvalue weighted by molar-refractivity contribution is 5.12. The second-order valence-electron chi connectivity index (χ2n) is 3.87. The summed E-state index contributed by atoms with van der Waals surface area (Å²) in [5, 5.41) is 0. The van der Waals surface area contributed by atoms with E-state index in [0.29, 0.717) is 5.92 Å². The van der Waals surface area contributed by atoms with Crippen molar-refractivity contribution in [2.45, 2.75) is 32.6 Å². The van der Waals surface area contributed by atoms with Crippen molar-refractivity contribution in [1.29, 1.82) is 0 Å². The molecule has 2 rings (SSSR count). The molecule has 0 bridgehead atoms. The Morgan fingerprint density at radius 2 is 2.46 bits per heavy atom. The summed E-state index contributed by atoms with van der Waals surface area (Å²) >= 11 is 0. The lowest BCUT2D eigenvalue weighted by molar-refractivity contribution is 0.523. The number of H-pyrrole nitrogens is 1. The zero-order valence-corrected chi connectivity index (χ0v) is 7.84. The molecule has 0 spiro atoms. The van der Waals surface area contributed by atoms with Gasteiger partial charge in [-0.1, -0.05) is 6.92 Å². The highest BCUT2D eigenvalue weighted by Gasteiger charge is 2.14. The summed E-state index contributed by atoms with van der Waals surface area (Å²) in [6, 6.07) is 0. The topological polar surface area (TPSA) is 45.8 Å². The third-order valence-electron chi connectivity index (χ3n) is 2.63. The zero-order valence-electron chi connectivity index (χ0n) is 7.84. The van der Waals surface area contributed by atoms with E-state index in [1.54, 1.807) is 0 Å². The number of aromatic amines is 1. The molecule has 70 valence electrons. The van der Waals surface area contributed by atoms with E-state index < -0.39 is 0 Å². The summed E-state index contributed by atoms with van der Waals surface area (Å²) in [6.07, 6.45) is 5.76. The molecule has 1 aliphatic carbocycles. The Morgan fingerprint density at radius 1 is 1.62 bits per heavy atom. The van der Waals surface area contributed by atoms with Gasteiger partial charge in [-0.05, 0) is 31.6 Å². The van der Waals surface area contributed by atoms with E-state index in [0.717, 1.165) is 30.7 Å². The van der Waals surface area contributed by atoms with E-state index in [1.807, 2.05) is 0 Å². The second-order valence-corrected chi connectivity index (χ2v) is 3.87. The van der Waals surface area contributed by atoms with Crippen molar-refractivity contribution in [3.63, 3.8) is 0 Å². The Balaban J connectivity index is 2.40. The number of hydrogen-bond acceptors (Lipinski definition) is 2. The molecule has 0 saturated carbocycles. The molecule has 0 fully saturated rings. The van der Waals surface area contributed by atoms with Gasteiger partial charge in [0.1, 0.15) is 0 Å². The van der Waals surface area contributed by atoms with Gasteiger partial charge >= 0.3 is 0 Å². The Labute approximate surface area is 77.2 Å². The van der Waals surface area contributed by atoms with Crippen LogP contribution in [0.4, 0.5) is 0 Å². The first-order valence-electron chi connectivity index (χ1n) is 4.83. The quantitative estimate of drug-likeness (QED) is 0.608. The van der Waals surface area contributed by atoms with Gasteiger partial charge in [-0.3, -0.25) is 9.78 Å². The van der Waals surface area contributed by atoms with Crippen LogP contribution in [0, 0.1) is 5.92 Å². The minimum absolute atomic E-state index is 0.0756. The van der Waals surface area contributed by atoms with Gasteiger partial charge in [0.05, 0.1) is 11.9 Å². The molecule has 3 heteroatoms. The highest BCUT2D eigenvalue weighted by Crippen LogP contribution is 2.20. The van der Waals surface area contributed by atoms with Gasteiger partial charge in [-0.2, -0.15) is 0 Å². The van der Waals surface area contributed by atoms with Crippen LogP contribution in [0.1, 0.15) is 31.2 Å². The predicted molar refractivity (Wildman–Crippen MR) is 50.7 cm³/mol. The van der Waals surface area contributed by atoms with Crippen molar-refractivity contribution < 1.29 is 0 Å². The van der Waals surface area contributed by atoms with Crippen molar-refractivity contribution in [1.82, 2.24) is 9.97 Å². The first-order chi connectivity index (χ1) is 6.25. The van der Waals surface area contributed by atoms with Crippen molar-refractivity contribution in [3.05, 3.63) is 27.9 Å². The van der Waals surface area contributed by atoms with Crippen LogP contribution < -0.4 is 5.56 Å². The number of aromatic nitrogens is 2. The maximum Gasteiger partial charge on any atom is 0.266 e. The van der Waals surface area contributed by atoms with E-state index in [9.17, 15) is 4.79 Å². The number of hydrogen-bond donors (Lipinski definition) is 1. The summed E-state index contributed by atoms with van der Waals surface area (Å²) in [7, 11) is 0. The maximum absolute atomic E-state index is 11.0. The van der Waals surface area contributed by atoms with E-state index in [1.165, 1.54) is 12.6 Å². The Kier molecular flexibility index (Phi) is 2.17. The zero-order chi connectivity index (χ0) is 9.26. The van der Waals surface area contributed by atoms with Crippen LogP contribution in [0.15, 0.2) is 11.0 Å². The van der Waals surface area contributed by atoms with Crippen molar-refractivity contribution in [2.75, 3.05) is 0 Å². The lowest BCUT2D eigenvalue weighted by Gasteiger charge is -2.05. The number of nitrogens with one attached hydrogen (secondary N) is 1. The molecule has 1 N–H and O–H groups in total. The average molecular weight is 178 g/mol. The second kappa shape index (κ2) is 3.32. The molecule has 13 heavy (non-hydrogen) atoms. The molecule has 1 unspecified atom stereocenters. The summed E-state index contributed by atoms with van der Waals surface area (Å²) in [5.74, 6) is 0.694. The third kappa shape index (κ3) is 1.79. The van der Waals surface area contributed by atoms with Crippen molar-refractivity contribution in [2.24, 2.45) is 5.92 Å². The first-order valence-corrected chi connectivity index (χ1v) is 4.83. The maximum atomic E-state index is 11.0.